The summed E-state index contributed by atoms with van der Waals surface area (Å²) in [6.07, 6.45) is 0. The molecule has 0 amide bonds. The predicted octanol–water partition coefficient (Wildman–Crippen LogP) is 16.1. The SMILES string of the molecule is N#Cc1ccc(-c2ccc(-c3nc(-c4ccccc4)nc(-c4ccc(-c5ccccc5-c5cc6ccc7cccc8c9cccc%10ccc%11cccc(c(c5)c6c78)c%11c%109)cc4)n3)cc2)cc1. The van der Waals surface area contributed by atoms with Gasteiger partial charge in [-0.05, 0) is 122 Å². The monoisotopic (exact) mass is 836 g/mol. The van der Waals surface area contributed by atoms with Gasteiger partial charge in [0.2, 0.25) is 0 Å². The highest BCUT2D eigenvalue weighted by atomic mass is 15.0. The van der Waals surface area contributed by atoms with Gasteiger partial charge in [0, 0.05) is 16.7 Å². The second kappa shape index (κ2) is 15.1. The van der Waals surface area contributed by atoms with E-state index in [9.17, 15) is 5.26 Å². The first kappa shape index (κ1) is 37.5. The van der Waals surface area contributed by atoms with Gasteiger partial charge in [0.15, 0.2) is 17.5 Å². The fraction of sp³-hybridized carbons (Fsp3) is 0. The van der Waals surface area contributed by atoms with E-state index in [2.05, 4.69) is 158 Å². The van der Waals surface area contributed by atoms with Crippen molar-refractivity contribution in [2.45, 2.75) is 0 Å². The van der Waals surface area contributed by atoms with Crippen LogP contribution in [0.1, 0.15) is 5.56 Å². The predicted molar refractivity (Wildman–Crippen MR) is 273 cm³/mol. The van der Waals surface area contributed by atoms with Gasteiger partial charge in [-0.3, -0.25) is 0 Å². The Morgan fingerprint density at radius 2 is 0.667 bits per heavy atom. The van der Waals surface area contributed by atoms with E-state index in [-0.39, 0.29) is 0 Å². The lowest BCUT2D eigenvalue weighted by Gasteiger charge is -2.18. The van der Waals surface area contributed by atoms with Crippen molar-refractivity contribution >= 4 is 64.6 Å². The van der Waals surface area contributed by atoms with Gasteiger partial charge in [-0.1, -0.05) is 194 Å². The van der Waals surface area contributed by atoms with E-state index in [0.29, 0.717) is 23.0 Å². The van der Waals surface area contributed by atoms with Crippen LogP contribution in [0.5, 0.6) is 0 Å². The summed E-state index contributed by atoms with van der Waals surface area (Å²) >= 11 is 0. The molecule has 0 saturated heterocycles. The van der Waals surface area contributed by atoms with Crippen LogP contribution in [0.2, 0.25) is 0 Å². The van der Waals surface area contributed by atoms with Gasteiger partial charge in [0.25, 0.3) is 0 Å². The van der Waals surface area contributed by atoms with Crippen molar-refractivity contribution in [3.05, 3.63) is 224 Å². The van der Waals surface area contributed by atoms with Crippen molar-refractivity contribution < 1.29 is 0 Å². The molecule has 13 aromatic rings. The number of benzene rings is 11. The summed E-state index contributed by atoms with van der Waals surface area (Å²) in [5, 5.41) is 24.5. The lowest BCUT2D eigenvalue weighted by molar-refractivity contribution is 1.07. The van der Waals surface area contributed by atoms with E-state index in [4.69, 9.17) is 15.0 Å². The second-order valence-corrected chi connectivity index (χ2v) is 17.0. The minimum Gasteiger partial charge on any atom is -0.208 e. The summed E-state index contributed by atoms with van der Waals surface area (Å²) in [5.74, 6) is 1.82. The number of nitriles is 1. The van der Waals surface area contributed by atoms with Gasteiger partial charge >= 0.3 is 0 Å². The smallest absolute Gasteiger partial charge is 0.164 e. The lowest BCUT2D eigenvalue weighted by atomic mass is 9.85. The molecule has 0 N–H and O–H groups in total. The number of rotatable bonds is 6. The number of hydrogen-bond acceptors (Lipinski definition) is 4. The van der Waals surface area contributed by atoms with Crippen LogP contribution >= 0.6 is 0 Å². The van der Waals surface area contributed by atoms with Crippen LogP contribution in [0.25, 0.3) is 132 Å². The third-order valence-corrected chi connectivity index (χ3v) is 13.3. The van der Waals surface area contributed by atoms with Crippen molar-refractivity contribution in [2.24, 2.45) is 0 Å². The minimum absolute atomic E-state index is 0.599. The standard InChI is InChI=1S/C62H36N4/c63-37-38-19-21-39(22-20-38)40-23-30-46(31-24-40)61-64-60(45-9-2-1-3-10-45)65-62(66-61)47-32-25-41(26-33-47)50-14-4-5-15-51(50)49-35-48-34-29-44-12-7-17-53-52-16-6-11-42-27-28-43-13-8-18-54(58(43)56(42)52)55(36-49)59(48)57(44)53/h1-36H. The fourth-order valence-electron chi connectivity index (χ4n) is 10.1. The molecule has 0 saturated carbocycles. The Morgan fingerprint density at radius 1 is 0.273 bits per heavy atom. The van der Waals surface area contributed by atoms with Crippen molar-refractivity contribution in [2.75, 3.05) is 0 Å². The van der Waals surface area contributed by atoms with Crippen molar-refractivity contribution in [1.29, 1.82) is 5.26 Å². The molecule has 1 aromatic heterocycles. The Kier molecular flexibility index (Phi) is 8.56. The molecule has 13 rings (SSSR count). The van der Waals surface area contributed by atoms with Crippen LogP contribution in [0, 0.1) is 11.3 Å². The number of aromatic nitrogens is 3. The fourth-order valence-corrected chi connectivity index (χ4v) is 10.1. The molecule has 0 aliphatic carbocycles. The van der Waals surface area contributed by atoms with Gasteiger partial charge in [-0.25, -0.2) is 15.0 Å². The van der Waals surface area contributed by atoms with E-state index >= 15 is 0 Å². The molecule has 0 bridgehead atoms. The number of hydrogen-bond donors (Lipinski definition) is 0. The molecule has 1 heterocycles. The van der Waals surface area contributed by atoms with Gasteiger partial charge in [0.05, 0.1) is 11.6 Å². The molecule has 0 radical (unpaired) electrons. The number of nitrogens with zero attached hydrogens (tertiary/aromatic N) is 4. The third-order valence-electron chi connectivity index (χ3n) is 13.3. The number of fused-ring (bicyclic) bond motifs is 2. The molecule has 304 valence electrons. The maximum Gasteiger partial charge on any atom is 0.164 e. The van der Waals surface area contributed by atoms with E-state index < -0.39 is 0 Å². The first-order valence-electron chi connectivity index (χ1n) is 22.2. The summed E-state index contributed by atoms with van der Waals surface area (Å²) in [7, 11) is 0. The molecular weight excluding hydrogens is 801 g/mol. The van der Waals surface area contributed by atoms with Gasteiger partial charge < -0.3 is 0 Å². The van der Waals surface area contributed by atoms with E-state index in [1.54, 1.807) is 0 Å². The average molecular weight is 837 g/mol. The largest absolute Gasteiger partial charge is 0.208 e. The Labute approximate surface area is 380 Å². The molecule has 66 heavy (non-hydrogen) atoms. The molecule has 0 unspecified atom stereocenters. The minimum atomic E-state index is 0.599. The van der Waals surface area contributed by atoms with Crippen LogP contribution in [0.4, 0.5) is 0 Å². The van der Waals surface area contributed by atoms with Gasteiger partial charge in [-0.15, -0.1) is 0 Å². The van der Waals surface area contributed by atoms with Gasteiger partial charge in [0.1, 0.15) is 0 Å². The molecule has 0 aliphatic heterocycles. The zero-order chi connectivity index (χ0) is 43.7. The third kappa shape index (κ3) is 6.10. The molecule has 0 spiro atoms. The summed E-state index contributed by atoms with van der Waals surface area (Å²) in [4.78, 5) is 15.1. The Hall–Kier alpha value is -9.04. The maximum atomic E-state index is 9.27. The van der Waals surface area contributed by atoms with Crippen LogP contribution in [-0.4, -0.2) is 15.0 Å². The first-order chi connectivity index (χ1) is 32.6. The molecule has 0 atom stereocenters. The first-order valence-corrected chi connectivity index (χ1v) is 22.2. The van der Waals surface area contributed by atoms with Crippen LogP contribution in [0.15, 0.2) is 218 Å². The lowest BCUT2D eigenvalue weighted by Crippen LogP contribution is -2.00. The van der Waals surface area contributed by atoms with Crippen LogP contribution < -0.4 is 0 Å². The summed E-state index contributed by atoms with van der Waals surface area (Å²) in [6.45, 7) is 0. The molecule has 4 heteroatoms. The average Bonchev–Trinajstić information content (AvgIpc) is 3.39. The molecule has 4 nitrogen and oxygen atoms in total. The Morgan fingerprint density at radius 3 is 1.18 bits per heavy atom. The Bertz CT molecular complexity index is 4070. The summed E-state index contributed by atoms with van der Waals surface area (Å²) < 4.78 is 0. The zero-order valence-electron chi connectivity index (χ0n) is 35.6. The molecule has 0 aliphatic rings. The van der Waals surface area contributed by atoms with Crippen LogP contribution in [-0.2, 0) is 0 Å². The van der Waals surface area contributed by atoms with Crippen molar-refractivity contribution in [3.63, 3.8) is 0 Å². The normalized spacial score (nSPS) is 11.6. The van der Waals surface area contributed by atoms with Crippen molar-refractivity contribution in [3.8, 4) is 73.6 Å². The topological polar surface area (TPSA) is 62.5 Å². The highest BCUT2D eigenvalue weighted by Crippen LogP contribution is 2.45. The highest BCUT2D eigenvalue weighted by Gasteiger charge is 2.18. The van der Waals surface area contributed by atoms with E-state index in [1.165, 1.54) is 75.8 Å². The van der Waals surface area contributed by atoms with E-state index in [0.717, 1.165) is 38.9 Å². The molecule has 0 fully saturated rings. The second-order valence-electron chi connectivity index (χ2n) is 17.0. The molecular formula is C62H36N4. The zero-order valence-corrected chi connectivity index (χ0v) is 35.6. The maximum absolute atomic E-state index is 9.27. The van der Waals surface area contributed by atoms with Crippen molar-refractivity contribution in [1.82, 2.24) is 15.0 Å². The van der Waals surface area contributed by atoms with Gasteiger partial charge in [-0.2, -0.15) is 5.26 Å². The highest BCUT2D eigenvalue weighted by molar-refractivity contribution is 6.37. The van der Waals surface area contributed by atoms with E-state index in [1.807, 2.05) is 66.7 Å². The summed E-state index contributed by atoms with van der Waals surface area (Å²) in [5.41, 5.74) is 10.0. The van der Waals surface area contributed by atoms with Crippen LogP contribution in [0.3, 0.4) is 0 Å². The quantitative estimate of drug-likeness (QED) is 0.157. The molecule has 12 aromatic carbocycles. The Balaban J connectivity index is 0.940. The summed E-state index contributed by atoms with van der Waals surface area (Å²) in [6, 6.07) is 79.7.